The molecule has 0 aromatic rings. The fourth-order valence-electron chi connectivity index (χ4n) is 2.81. The Labute approximate surface area is 113 Å². The van der Waals surface area contributed by atoms with Gasteiger partial charge in [-0.15, -0.1) is 0 Å². The predicted molar refractivity (Wildman–Crippen MR) is 68.9 cm³/mol. The van der Waals surface area contributed by atoms with Gasteiger partial charge in [-0.05, 0) is 26.2 Å². The van der Waals surface area contributed by atoms with E-state index in [-0.39, 0.29) is 12.5 Å². The molecule has 1 amide bonds. The van der Waals surface area contributed by atoms with E-state index in [2.05, 4.69) is 0 Å². The van der Waals surface area contributed by atoms with Gasteiger partial charge in [-0.2, -0.15) is 0 Å². The molecule has 108 valence electrons. The summed E-state index contributed by atoms with van der Waals surface area (Å²) in [6.45, 7) is 5.19. The van der Waals surface area contributed by atoms with Gasteiger partial charge >= 0.3 is 5.97 Å². The molecule has 0 spiro atoms. The van der Waals surface area contributed by atoms with E-state index in [0.717, 1.165) is 25.8 Å². The van der Waals surface area contributed by atoms with E-state index in [1.165, 1.54) is 0 Å². The summed E-state index contributed by atoms with van der Waals surface area (Å²) < 4.78 is 5.59. The number of carboxylic acids is 1. The Hall–Kier alpha value is -1.14. The number of hydrogen-bond acceptors (Lipinski definition) is 4. The lowest BCUT2D eigenvalue weighted by molar-refractivity contribution is -0.150. The van der Waals surface area contributed by atoms with E-state index in [9.17, 15) is 9.59 Å². The molecule has 0 radical (unpaired) electrons. The smallest absolute Gasteiger partial charge is 0.317 e. The average molecular weight is 270 g/mol. The lowest BCUT2D eigenvalue weighted by Gasteiger charge is -2.30. The van der Waals surface area contributed by atoms with Gasteiger partial charge in [-0.3, -0.25) is 14.5 Å². The number of carboxylic acid groups (broad SMARTS) is 1. The van der Waals surface area contributed by atoms with Gasteiger partial charge in [0.25, 0.3) is 5.91 Å². The van der Waals surface area contributed by atoms with Crippen molar-refractivity contribution in [3.05, 3.63) is 0 Å². The van der Waals surface area contributed by atoms with Crippen molar-refractivity contribution in [2.45, 2.75) is 31.8 Å². The second kappa shape index (κ2) is 5.88. The summed E-state index contributed by atoms with van der Waals surface area (Å²) in [4.78, 5) is 26.9. The van der Waals surface area contributed by atoms with Gasteiger partial charge in [0.1, 0.15) is 5.60 Å². The zero-order valence-electron chi connectivity index (χ0n) is 11.4. The molecule has 1 N–H and O–H groups in total. The first-order valence-corrected chi connectivity index (χ1v) is 6.89. The van der Waals surface area contributed by atoms with Crippen LogP contribution in [0, 0.1) is 0 Å². The van der Waals surface area contributed by atoms with Crippen LogP contribution in [0.1, 0.15) is 26.2 Å². The van der Waals surface area contributed by atoms with Gasteiger partial charge in [-0.1, -0.05) is 0 Å². The summed E-state index contributed by atoms with van der Waals surface area (Å²) in [5.41, 5.74) is -0.665. The fourth-order valence-corrected chi connectivity index (χ4v) is 2.81. The number of aliphatic carboxylic acids is 1. The van der Waals surface area contributed by atoms with Crippen LogP contribution in [0.5, 0.6) is 0 Å². The highest BCUT2D eigenvalue weighted by Gasteiger charge is 2.40. The van der Waals surface area contributed by atoms with Crippen molar-refractivity contribution in [2.75, 3.05) is 39.3 Å². The normalized spacial score (nSPS) is 29.2. The van der Waals surface area contributed by atoms with Gasteiger partial charge < -0.3 is 14.7 Å². The van der Waals surface area contributed by atoms with Crippen molar-refractivity contribution < 1.29 is 19.4 Å². The van der Waals surface area contributed by atoms with E-state index < -0.39 is 11.6 Å². The van der Waals surface area contributed by atoms with Crippen LogP contribution < -0.4 is 0 Å². The minimum absolute atomic E-state index is 0.0514. The maximum absolute atomic E-state index is 12.5. The molecule has 0 bridgehead atoms. The van der Waals surface area contributed by atoms with Crippen molar-refractivity contribution in [2.24, 2.45) is 0 Å². The number of hydrogen-bond donors (Lipinski definition) is 1. The second-order valence-electron chi connectivity index (χ2n) is 5.50. The van der Waals surface area contributed by atoms with Gasteiger partial charge in [0.05, 0.1) is 6.54 Å². The summed E-state index contributed by atoms with van der Waals surface area (Å²) in [5, 5.41) is 8.80. The maximum atomic E-state index is 12.5. The van der Waals surface area contributed by atoms with Crippen molar-refractivity contribution in [1.29, 1.82) is 0 Å². The largest absolute Gasteiger partial charge is 0.480 e. The Morgan fingerprint density at radius 1 is 1.21 bits per heavy atom. The molecule has 0 aromatic heterocycles. The third-order valence-electron chi connectivity index (χ3n) is 3.91. The standard InChI is InChI=1S/C13H22N2O4/c1-13(4-2-9-19-13)12(18)15-6-3-5-14(7-8-15)10-11(16)17/h2-10H2,1H3,(H,16,17). The third-order valence-corrected chi connectivity index (χ3v) is 3.91. The van der Waals surface area contributed by atoms with Crippen LogP contribution >= 0.6 is 0 Å². The Kier molecular flexibility index (Phi) is 4.42. The molecule has 0 aromatic carbocycles. The highest BCUT2D eigenvalue weighted by atomic mass is 16.5. The molecule has 0 saturated carbocycles. The zero-order chi connectivity index (χ0) is 13.9. The van der Waals surface area contributed by atoms with E-state index in [1.54, 1.807) is 0 Å². The molecule has 2 rings (SSSR count). The first kappa shape index (κ1) is 14.3. The molecule has 2 aliphatic heterocycles. The molecule has 2 aliphatic rings. The van der Waals surface area contributed by atoms with Crippen LogP contribution in [0.25, 0.3) is 0 Å². The number of ether oxygens (including phenoxy) is 1. The molecule has 2 fully saturated rings. The molecule has 2 heterocycles. The quantitative estimate of drug-likeness (QED) is 0.792. The van der Waals surface area contributed by atoms with E-state index in [0.29, 0.717) is 26.2 Å². The van der Waals surface area contributed by atoms with Crippen molar-refractivity contribution in [1.82, 2.24) is 9.80 Å². The summed E-state index contributed by atoms with van der Waals surface area (Å²) in [7, 11) is 0. The Balaban J connectivity index is 1.91. The number of carbonyl (C=O) groups excluding carboxylic acids is 1. The van der Waals surface area contributed by atoms with E-state index in [1.807, 2.05) is 16.7 Å². The van der Waals surface area contributed by atoms with Crippen LogP contribution in [0.4, 0.5) is 0 Å². The number of nitrogens with zero attached hydrogens (tertiary/aromatic N) is 2. The molecule has 1 unspecified atom stereocenters. The topological polar surface area (TPSA) is 70.1 Å². The second-order valence-corrected chi connectivity index (χ2v) is 5.50. The minimum atomic E-state index is -0.814. The summed E-state index contributed by atoms with van der Waals surface area (Å²) in [6.07, 6.45) is 2.53. The van der Waals surface area contributed by atoms with Crippen LogP contribution in [0.3, 0.4) is 0 Å². The first-order valence-electron chi connectivity index (χ1n) is 6.89. The number of amides is 1. The predicted octanol–water partition coefficient (Wildman–Crippen LogP) is 0.174. The lowest BCUT2D eigenvalue weighted by atomic mass is 10.0. The number of carbonyl (C=O) groups is 2. The molecule has 2 saturated heterocycles. The van der Waals surface area contributed by atoms with Gasteiger partial charge in [-0.25, -0.2) is 0 Å². The van der Waals surface area contributed by atoms with Crippen LogP contribution in [-0.2, 0) is 14.3 Å². The Morgan fingerprint density at radius 3 is 2.63 bits per heavy atom. The zero-order valence-corrected chi connectivity index (χ0v) is 11.4. The summed E-state index contributed by atoms with van der Waals surface area (Å²) in [6, 6.07) is 0. The van der Waals surface area contributed by atoms with Crippen molar-refractivity contribution >= 4 is 11.9 Å². The van der Waals surface area contributed by atoms with Crippen molar-refractivity contribution in [3.63, 3.8) is 0 Å². The van der Waals surface area contributed by atoms with Gasteiger partial charge in [0.15, 0.2) is 0 Å². The SMILES string of the molecule is CC1(C(=O)N2CCCN(CC(=O)O)CC2)CCCO1. The molecule has 0 aliphatic carbocycles. The first-order chi connectivity index (χ1) is 9.01. The summed E-state index contributed by atoms with van der Waals surface area (Å²) in [5.74, 6) is -0.756. The third kappa shape index (κ3) is 3.45. The van der Waals surface area contributed by atoms with Gasteiger partial charge in [0, 0.05) is 32.8 Å². The van der Waals surface area contributed by atoms with E-state index >= 15 is 0 Å². The van der Waals surface area contributed by atoms with Crippen molar-refractivity contribution in [3.8, 4) is 0 Å². The minimum Gasteiger partial charge on any atom is -0.480 e. The molecular formula is C13H22N2O4. The molecule has 19 heavy (non-hydrogen) atoms. The van der Waals surface area contributed by atoms with Crippen LogP contribution in [0.2, 0.25) is 0 Å². The molecule has 1 atom stereocenters. The Morgan fingerprint density at radius 2 is 2.00 bits per heavy atom. The van der Waals surface area contributed by atoms with Gasteiger partial charge in [0.2, 0.25) is 0 Å². The number of rotatable bonds is 3. The molecular weight excluding hydrogens is 248 g/mol. The van der Waals surface area contributed by atoms with Crippen LogP contribution in [0.15, 0.2) is 0 Å². The monoisotopic (exact) mass is 270 g/mol. The highest BCUT2D eigenvalue weighted by molar-refractivity contribution is 5.85. The maximum Gasteiger partial charge on any atom is 0.317 e. The lowest BCUT2D eigenvalue weighted by Crippen LogP contribution is -2.48. The molecule has 6 heteroatoms. The summed E-state index contributed by atoms with van der Waals surface area (Å²) >= 11 is 0. The van der Waals surface area contributed by atoms with Crippen LogP contribution in [-0.4, -0.2) is 71.7 Å². The Bertz CT molecular complexity index is 353. The fraction of sp³-hybridized carbons (Fsp3) is 0.846. The van der Waals surface area contributed by atoms with E-state index in [4.69, 9.17) is 9.84 Å². The molecule has 6 nitrogen and oxygen atoms in total. The highest BCUT2D eigenvalue weighted by Crippen LogP contribution is 2.27. The average Bonchev–Trinajstić information content (AvgIpc) is 2.67.